The van der Waals surface area contributed by atoms with E-state index in [0.29, 0.717) is 4.88 Å². The molecule has 23 heavy (non-hydrogen) atoms. The Labute approximate surface area is 133 Å². The third kappa shape index (κ3) is 3.02. The van der Waals surface area contributed by atoms with Crippen molar-refractivity contribution in [2.45, 2.75) is 13.3 Å². The van der Waals surface area contributed by atoms with Crippen LogP contribution >= 0.6 is 11.3 Å². The van der Waals surface area contributed by atoms with Crippen LogP contribution in [0.3, 0.4) is 0 Å². The number of aryl methyl sites for hydroxylation is 1. The molecule has 0 radical (unpaired) electrons. The van der Waals surface area contributed by atoms with E-state index in [4.69, 9.17) is 4.74 Å². The van der Waals surface area contributed by atoms with Crippen molar-refractivity contribution in [3.63, 3.8) is 0 Å². The monoisotopic (exact) mass is 336 g/mol. The van der Waals surface area contributed by atoms with E-state index in [-0.39, 0.29) is 22.7 Å². The lowest BCUT2D eigenvalue weighted by atomic mass is 10.0. The van der Waals surface area contributed by atoms with Gasteiger partial charge >= 0.3 is 0 Å². The minimum atomic E-state index is -2.61. The topological polar surface area (TPSA) is 68.6 Å². The van der Waals surface area contributed by atoms with E-state index in [1.165, 1.54) is 29.7 Å². The van der Waals surface area contributed by atoms with Crippen molar-refractivity contribution in [1.82, 2.24) is 4.98 Å². The number of hydrogen-bond acceptors (Lipinski definition) is 5. The van der Waals surface area contributed by atoms with Gasteiger partial charge in [-0.15, -0.1) is 11.3 Å². The van der Waals surface area contributed by atoms with Crippen LogP contribution < -0.4 is 4.74 Å². The summed E-state index contributed by atoms with van der Waals surface area (Å²) in [5.41, 5.74) is 0.296. The van der Waals surface area contributed by atoms with Gasteiger partial charge < -0.3 is 4.74 Å². The van der Waals surface area contributed by atoms with Gasteiger partial charge in [0.15, 0.2) is 0 Å². The van der Waals surface area contributed by atoms with Crippen molar-refractivity contribution in [2.24, 2.45) is 4.99 Å². The summed E-state index contributed by atoms with van der Waals surface area (Å²) in [6.07, 6.45) is -1.30. The molecule has 2 aromatic rings. The Morgan fingerprint density at radius 3 is 2.83 bits per heavy atom. The highest BCUT2D eigenvalue weighted by Gasteiger charge is 2.31. The van der Waals surface area contributed by atoms with Gasteiger partial charge in [0.05, 0.1) is 16.1 Å². The number of Topliss-reactive ketones (excluding diaryl/α,β-unsaturated/α-hetero) is 1. The summed E-state index contributed by atoms with van der Waals surface area (Å²) < 4.78 is 29.3. The Bertz CT molecular complexity index is 830. The average molecular weight is 336 g/mol. The number of ether oxygens (including phenoxy) is 1. The van der Waals surface area contributed by atoms with E-state index in [0.717, 1.165) is 4.88 Å². The molecule has 0 aliphatic carbocycles. The van der Waals surface area contributed by atoms with Crippen LogP contribution in [0.2, 0.25) is 0 Å². The predicted molar refractivity (Wildman–Crippen MR) is 80.0 cm³/mol. The van der Waals surface area contributed by atoms with Gasteiger partial charge in [0.2, 0.25) is 5.78 Å². The molecule has 1 aliphatic rings. The fraction of sp³-hybridized carbons (Fsp3) is 0.200. The Kier molecular flexibility index (Phi) is 3.99. The molecule has 2 aromatic heterocycles. The van der Waals surface area contributed by atoms with Crippen LogP contribution in [0.5, 0.6) is 5.75 Å². The molecule has 0 aromatic carbocycles. The zero-order valence-electron chi connectivity index (χ0n) is 11.9. The van der Waals surface area contributed by atoms with Crippen molar-refractivity contribution < 1.29 is 23.1 Å². The number of aromatic nitrogens is 1. The summed E-state index contributed by atoms with van der Waals surface area (Å²) >= 11 is 1.21. The molecule has 3 heterocycles. The van der Waals surface area contributed by atoms with E-state index < -0.39 is 24.7 Å². The number of carbonyl (C=O) groups is 2. The summed E-state index contributed by atoms with van der Waals surface area (Å²) in [7, 11) is 0. The molecule has 0 unspecified atom stereocenters. The van der Waals surface area contributed by atoms with Crippen LogP contribution in [0.15, 0.2) is 29.4 Å². The molecule has 118 valence electrons. The van der Waals surface area contributed by atoms with Gasteiger partial charge in [-0.1, -0.05) is 0 Å². The molecule has 0 saturated heterocycles. The molecule has 8 heteroatoms. The highest BCUT2D eigenvalue weighted by molar-refractivity contribution is 7.15. The molecule has 3 rings (SSSR count). The van der Waals surface area contributed by atoms with Crippen molar-refractivity contribution in [2.75, 3.05) is 6.61 Å². The van der Waals surface area contributed by atoms with E-state index in [9.17, 15) is 18.4 Å². The maximum atomic E-state index is 12.5. The molecule has 0 fully saturated rings. The van der Waals surface area contributed by atoms with Gasteiger partial charge in [-0.05, 0) is 19.1 Å². The second-order valence-electron chi connectivity index (χ2n) is 4.77. The van der Waals surface area contributed by atoms with Crippen molar-refractivity contribution in [1.29, 1.82) is 0 Å². The van der Waals surface area contributed by atoms with E-state index in [2.05, 4.69) is 9.98 Å². The van der Waals surface area contributed by atoms with E-state index >= 15 is 0 Å². The number of hydrogen-bond donors (Lipinski definition) is 0. The number of amides is 1. The van der Waals surface area contributed by atoms with Gasteiger partial charge in [-0.25, -0.2) is 13.8 Å². The molecule has 0 saturated carbocycles. The second-order valence-corrected chi connectivity index (χ2v) is 6.03. The van der Waals surface area contributed by atoms with Gasteiger partial charge in [0.25, 0.3) is 12.3 Å². The van der Waals surface area contributed by atoms with Gasteiger partial charge in [0.1, 0.15) is 18.1 Å². The van der Waals surface area contributed by atoms with Gasteiger partial charge in [0, 0.05) is 17.1 Å². The van der Waals surface area contributed by atoms with E-state index in [1.807, 2.05) is 0 Å². The number of thiophene rings is 1. The van der Waals surface area contributed by atoms with Gasteiger partial charge in [-0.3, -0.25) is 14.6 Å². The lowest BCUT2D eigenvalue weighted by Crippen LogP contribution is -2.24. The molecular weight excluding hydrogens is 326 g/mol. The Balaban J connectivity index is 1.94. The summed E-state index contributed by atoms with van der Waals surface area (Å²) in [5.74, 6) is -0.790. The Morgan fingerprint density at radius 1 is 1.30 bits per heavy atom. The zero-order valence-corrected chi connectivity index (χ0v) is 12.7. The number of alkyl halides is 2. The van der Waals surface area contributed by atoms with Crippen molar-refractivity contribution in [3.05, 3.63) is 45.4 Å². The molecular formula is C15H10F2N2O3S. The number of ketones is 1. The Morgan fingerprint density at radius 2 is 2.09 bits per heavy atom. The predicted octanol–water partition coefficient (Wildman–Crippen LogP) is 2.92. The third-order valence-electron chi connectivity index (χ3n) is 3.07. The standard InChI is InChI=1S/C15H10F2N2O3S/c1-7-4-9-14(23-7)13(20)12(19-15(9)21)10-5-8(2-3-18-10)22-6-11(16)17/h2-5,11H,6H2,1H3. The molecule has 0 N–H and O–H groups in total. The first kappa shape index (κ1) is 15.4. The maximum absolute atomic E-state index is 12.5. The average Bonchev–Trinajstić information content (AvgIpc) is 2.92. The first-order chi connectivity index (χ1) is 11.0. The summed E-state index contributed by atoms with van der Waals surface area (Å²) in [6.45, 7) is 1.03. The second kappa shape index (κ2) is 5.96. The maximum Gasteiger partial charge on any atom is 0.279 e. The first-order valence-corrected chi connectivity index (χ1v) is 7.43. The minimum absolute atomic E-state index is 0.105. The molecule has 5 nitrogen and oxygen atoms in total. The number of fused-ring (bicyclic) bond motifs is 1. The van der Waals surface area contributed by atoms with Crippen LogP contribution in [0.4, 0.5) is 8.78 Å². The quantitative estimate of drug-likeness (QED) is 0.861. The van der Waals surface area contributed by atoms with Gasteiger partial charge in [-0.2, -0.15) is 0 Å². The van der Waals surface area contributed by atoms with Crippen LogP contribution in [-0.4, -0.2) is 35.4 Å². The van der Waals surface area contributed by atoms with Crippen LogP contribution in [0.25, 0.3) is 0 Å². The lowest BCUT2D eigenvalue weighted by Gasteiger charge is -2.11. The highest BCUT2D eigenvalue weighted by atomic mass is 32.1. The van der Waals surface area contributed by atoms with Crippen molar-refractivity contribution in [3.8, 4) is 5.75 Å². The SMILES string of the molecule is Cc1cc2c(s1)C(=O)C(c1cc(OCC(F)F)ccn1)=NC2=O. The fourth-order valence-electron chi connectivity index (χ4n) is 2.13. The highest BCUT2D eigenvalue weighted by Crippen LogP contribution is 2.28. The molecule has 1 aliphatic heterocycles. The lowest BCUT2D eigenvalue weighted by molar-refractivity contribution is 0.0818. The largest absolute Gasteiger partial charge is 0.488 e. The first-order valence-electron chi connectivity index (χ1n) is 6.61. The number of aliphatic imine (C=N–C) groups is 1. The Hall–Kier alpha value is -2.48. The normalized spacial score (nSPS) is 14.0. The smallest absolute Gasteiger partial charge is 0.279 e. The fourth-order valence-corrected chi connectivity index (χ4v) is 3.07. The molecule has 0 bridgehead atoms. The molecule has 0 spiro atoms. The number of nitrogens with zero attached hydrogens (tertiary/aromatic N) is 2. The number of halogens is 2. The number of pyridine rings is 1. The zero-order chi connectivity index (χ0) is 16.6. The summed E-state index contributed by atoms with van der Waals surface area (Å²) in [4.78, 5) is 33.4. The van der Waals surface area contributed by atoms with Crippen LogP contribution in [0, 0.1) is 6.92 Å². The van der Waals surface area contributed by atoms with E-state index in [1.54, 1.807) is 13.0 Å². The number of rotatable bonds is 4. The third-order valence-corrected chi connectivity index (χ3v) is 4.12. The molecule has 1 amide bonds. The minimum Gasteiger partial charge on any atom is -0.488 e. The van der Waals surface area contributed by atoms with Crippen LogP contribution in [0.1, 0.15) is 30.6 Å². The van der Waals surface area contributed by atoms with Crippen molar-refractivity contribution >= 4 is 28.7 Å². The molecule has 0 atom stereocenters. The number of carbonyl (C=O) groups excluding carboxylic acids is 2. The van der Waals surface area contributed by atoms with Crippen LogP contribution in [-0.2, 0) is 0 Å². The summed E-state index contributed by atoms with van der Waals surface area (Å²) in [5, 5.41) is 0. The summed E-state index contributed by atoms with van der Waals surface area (Å²) in [6, 6.07) is 4.33.